The molecule has 0 saturated heterocycles. The lowest BCUT2D eigenvalue weighted by Gasteiger charge is -2.18. The highest BCUT2D eigenvalue weighted by Crippen LogP contribution is 2.28. The molecule has 0 aliphatic heterocycles. The second-order valence-corrected chi connectivity index (χ2v) is 7.32. The summed E-state index contributed by atoms with van der Waals surface area (Å²) in [6.45, 7) is 1.71. The summed E-state index contributed by atoms with van der Waals surface area (Å²) >= 11 is 1.28. The first kappa shape index (κ1) is 22.0. The summed E-state index contributed by atoms with van der Waals surface area (Å²) in [4.78, 5) is 40.8. The minimum atomic E-state index is -1.32. The summed E-state index contributed by atoms with van der Waals surface area (Å²) in [6.07, 6.45) is 2.02. The van der Waals surface area contributed by atoms with Crippen molar-refractivity contribution in [1.82, 2.24) is 4.98 Å². The monoisotopic (exact) mass is 437 g/mol. The molecule has 158 valence electrons. The first-order chi connectivity index (χ1) is 14.9. The molecule has 31 heavy (non-hydrogen) atoms. The number of ether oxygens (including phenoxy) is 1. The van der Waals surface area contributed by atoms with Crippen molar-refractivity contribution in [1.29, 1.82) is 0 Å². The van der Waals surface area contributed by atoms with Gasteiger partial charge in [-0.15, -0.1) is 11.8 Å². The van der Waals surface area contributed by atoms with Crippen LogP contribution < -0.4 is 5.32 Å². The molecule has 0 radical (unpaired) electrons. The molecular weight excluding hydrogens is 418 g/mol. The number of rotatable bonds is 7. The molecule has 0 aliphatic carbocycles. The standard InChI is InChI=1S/C22H19N3O5S/c1-14-10-11-17(18(13-14)25(28)29)24-20(26)19(15-7-4-3-5-8-15)30-22(27)16-9-6-12-23-21(16)31-2/h3-13,19H,1-2H3,(H,24,26). The van der Waals surface area contributed by atoms with Crippen molar-refractivity contribution >= 4 is 35.0 Å². The smallest absolute Gasteiger partial charge is 0.342 e. The fraction of sp³-hybridized carbons (Fsp3) is 0.136. The van der Waals surface area contributed by atoms with Gasteiger partial charge in [0.2, 0.25) is 6.10 Å². The summed E-state index contributed by atoms with van der Waals surface area (Å²) in [7, 11) is 0. The number of hydrogen-bond donors (Lipinski definition) is 1. The molecule has 0 fully saturated rings. The molecule has 3 rings (SSSR count). The molecule has 0 bridgehead atoms. The van der Waals surface area contributed by atoms with E-state index in [4.69, 9.17) is 4.74 Å². The Labute approximate surface area is 182 Å². The van der Waals surface area contributed by atoms with Gasteiger partial charge in [0.15, 0.2) is 0 Å². The molecule has 3 aromatic rings. The van der Waals surface area contributed by atoms with Crippen molar-refractivity contribution in [2.45, 2.75) is 18.1 Å². The topological polar surface area (TPSA) is 111 Å². The number of esters is 1. The number of pyridine rings is 1. The average molecular weight is 437 g/mol. The van der Waals surface area contributed by atoms with E-state index in [0.29, 0.717) is 16.2 Å². The van der Waals surface area contributed by atoms with E-state index < -0.39 is 22.9 Å². The lowest BCUT2D eigenvalue weighted by atomic mass is 10.1. The molecule has 1 atom stereocenters. The van der Waals surface area contributed by atoms with Crippen molar-refractivity contribution in [3.8, 4) is 0 Å². The molecule has 1 amide bonds. The van der Waals surface area contributed by atoms with Crippen LogP contribution in [-0.2, 0) is 9.53 Å². The highest BCUT2D eigenvalue weighted by Gasteiger charge is 2.28. The second-order valence-electron chi connectivity index (χ2n) is 6.52. The van der Waals surface area contributed by atoms with Crippen LogP contribution in [0.25, 0.3) is 0 Å². The van der Waals surface area contributed by atoms with Gasteiger partial charge in [-0.25, -0.2) is 9.78 Å². The zero-order valence-corrected chi connectivity index (χ0v) is 17.6. The predicted octanol–water partition coefficient (Wildman–Crippen LogP) is 4.56. The Balaban J connectivity index is 1.92. The Hall–Kier alpha value is -3.72. The van der Waals surface area contributed by atoms with Crippen molar-refractivity contribution in [3.05, 3.63) is 93.7 Å². The third-order valence-electron chi connectivity index (χ3n) is 4.36. The number of hydrogen-bond acceptors (Lipinski definition) is 7. The van der Waals surface area contributed by atoms with Crippen LogP contribution in [0.2, 0.25) is 0 Å². The number of aryl methyl sites for hydroxylation is 1. The van der Waals surface area contributed by atoms with Gasteiger partial charge in [-0.05, 0) is 36.9 Å². The van der Waals surface area contributed by atoms with Crippen LogP contribution in [0.3, 0.4) is 0 Å². The van der Waals surface area contributed by atoms with Gasteiger partial charge in [-0.3, -0.25) is 14.9 Å². The van der Waals surface area contributed by atoms with Crippen LogP contribution >= 0.6 is 11.8 Å². The number of carbonyl (C=O) groups is 2. The maximum atomic E-state index is 13.1. The number of nitro groups is 1. The Morgan fingerprint density at radius 2 is 1.87 bits per heavy atom. The van der Waals surface area contributed by atoms with Crippen molar-refractivity contribution in [2.24, 2.45) is 0 Å². The Bertz CT molecular complexity index is 1120. The fourth-order valence-corrected chi connectivity index (χ4v) is 3.41. The molecule has 1 heterocycles. The summed E-state index contributed by atoms with van der Waals surface area (Å²) in [6, 6.07) is 16.1. The van der Waals surface area contributed by atoms with E-state index in [-0.39, 0.29) is 16.9 Å². The summed E-state index contributed by atoms with van der Waals surface area (Å²) in [5.74, 6) is -1.43. The van der Waals surface area contributed by atoms with Gasteiger partial charge < -0.3 is 10.1 Å². The molecule has 8 nitrogen and oxygen atoms in total. The molecule has 9 heteroatoms. The highest BCUT2D eigenvalue weighted by atomic mass is 32.2. The number of benzene rings is 2. The van der Waals surface area contributed by atoms with Crippen LogP contribution in [0.1, 0.15) is 27.6 Å². The first-order valence-corrected chi connectivity index (χ1v) is 10.4. The van der Waals surface area contributed by atoms with Gasteiger partial charge in [0.1, 0.15) is 10.7 Å². The van der Waals surface area contributed by atoms with E-state index in [2.05, 4.69) is 10.3 Å². The van der Waals surface area contributed by atoms with Gasteiger partial charge in [-0.1, -0.05) is 36.4 Å². The largest absolute Gasteiger partial charge is 0.444 e. The highest BCUT2D eigenvalue weighted by molar-refractivity contribution is 7.98. The number of nitrogens with one attached hydrogen (secondary N) is 1. The van der Waals surface area contributed by atoms with Crippen molar-refractivity contribution < 1.29 is 19.2 Å². The summed E-state index contributed by atoms with van der Waals surface area (Å²) in [5.41, 5.74) is 1.10. The Morgan fingerprint density at radius 3 is 2.55 bits per heavy atom. The van der Waals surface area contributed by atoms with E-state index in [1.165, 1.54) is 23.9 Å². The number of nitrogens with zero attached hydrogens (tertiary/aromatic N) is 2. The number of thioether (sulfide) groups is 1. The minimum absolute atomic E-state index is 0.0174. The van der Waals surface area contributed by atoms with Crippen molar-refractivity contribution in [2.75, 3.05) is 11.6 Å². The van der Waals surface area contributed by atoms with E-state index in [1.807, 2.05) is 0 Å². The lowest BCUT2D eigenvalue weighted by Crippen LogP contribution is -2.26. The normalized spacial score (nSPS) is 11.4. The molecule has 2 aromatic carbocycles. The van der Waals surface area contributed by atoms with E-state index >= 15 is 0 Å². The minimum Gasteiger partial charge on any atom is -0.444 e. The quantitative estimate of drug-likeness (QED) is 0.250. The molecule has 1 unspecified atom stereocenters. The van der Waals surface area contributed by atoms with Gasteiger partial charge >= 0.3 is 5.97 Å². The van der Waals surface area contributed by atoms with E-state index in [0.717, 1.165) is 0 Å². The lowest BCUT2D eigenvalue weighted by molar-refractivity contribution is -0.384. The zero-order chi connectivity index (χ0) is 22.4. The molecule has 0 spiro atoms. The van der Waals surface area contributed by atoms with Crippen LogP contribution in [0.15, 0.2) is 71.9 Å². The fourth-order valence-electron chi connectivity index (χ4n) is 2.88. The third-order valence-corrected chi connectivity index (χ3v) is 5.07. The summed E-state index contributed by atoms with van der Waals surface area (Å²) < 4.78 is 5.55. The SMILES string of the molecule is CSc1ncccc1C(=O)OC(C(=O)Nc1ccc(C)cc1[N+](=O)[O-])c1ccccc1. The number of nitro benzene ring substituents is 1. The Morgan fingerprint density at radius 1 is 1.13 bits per heavy atom. The maximum Gasteiger partial charge on any atom is 0.342 e. The second kappa shape index (κ2) is 9.86. The van der Waals surface area contributed by atoms with Crippen LogP contribution in [0.4, 0.5) is 11.4 Å². The maximum absolute atomic E-state index is 13.1. The average Bonchev–Trinajstić information content (AvgIpc) is 2.78. The number of aromatic nitrogens is 1. The first-order valence-electron chi connectivity index (χ1n) is 9.21. The molecule has 0 saturated carbocycles. The predicted molar refractivity (Wildman–Crippen MR) is 117 cm³/mol. The molecule has 0 aliphatic rings. The Kier molecular flexibility index (Phi) is 6.99. The van der Waals surface area contributed by atoms with Crippen LogP contribution in [-0.4, -0.2) is 28.0 Å². The van der Waals surface area contributed by atoms with Gasteiger partial charge in [0.25, 0.3) is 11.6 Å². The zero-order valence-electron chi connectivity index (χ0n) is 16.8. The molecule has 1 aromatic heterocycles. The van der Waals surface area contributed by atoms with Gasteiger partial charge in [0.05, 0.1) is 10.5 Å². The van der Waals surface area contributed by atoms with Crippen LogP contribution in [0, 0.1) is 17.0 Å². The number of carbonyl (C=O) groups excluding carboxylic acids is 2. The van der Waals surface area contributed by atoms with Gasteiger partial charge in [0, 0.05) is 17.8 Å². The van der Waals surface area contributed by atoms with Crippen molar-refractivity contribution in [3.63, 3.8) is 0 Å². The molecular formula is C22H19N3O5S. The van der Waals surface area contributed by atoms with E-state index in [1.54, 1.807) is 67.9 Å². The third kappa shape index (κ3) is 5.26. The van der Waals surface area contributed by atoms with Crippen LogP contribution in [0.5, 0.6) is 0 Å². The van der Waals surface area contributed by atoms with Gasteiger partial charge in [-0.2, -0.15) is 0 Å². The number of amides is 1. The van der Waals surface area contributed by atoms with E-state index in [9.17, 15) is 19.7 Å². The summed E-state index contributed by atoms with van der Waals surface area (Å²) in [5, 5.41) is 14.4. The number of anilines is 1. The molecule has 1 N–H and O–H groups in total.